The van der Waals surface area contributed by atoms with Crippen LogP contribution in [0.2, 0.25) is 0 Å². The maximum Gasteiger partial charge on any atom is 0.148 e. The van der Waals surface area contributed by atoms with E-state index in [1.54, 1.807) is 12.1 Å². The summed E-state index contributed by atoms with van der Waals surface area (Å²) in [6.45, 7) is 0. The van der Waals surface area contributed by atoms with E-state index in [0.29, 0.717) is 15.8 Å². The van der Waals surface area contributed by atoms with Crippen LogP contribution in [0.4, 0.5) is 4.39 Å². The summed E-state index contributed by atoms with van der Waals surface area (Å²) in [5, 5.41) is 0.933. The molecule has 3 aromatic rings. The zero-order valence-corrected chi connectivity index (χ0v) is 13.4. The van der Waals surface area contributed by atoms with Crippen molar-refractivity contribution >= 4 is 42.8 Å². The number of hydrogen-bond donors (Lipinski definition) is 1. The van der Waals surface area contributed by atoms with Crippen LogP contribution in [0.1, 0.15) is 17.4 Å². The molecule has 1 heterocycles. The molecule has 102 valence electrons. The normalized spacial score (nSPS) is 12.8. The van der Waals surface area contributed by atoms with Crippen molar-refractivity contribution in [1.29, 1.82) is 0 Å². The molecule has 2 aromatic carbocycles. The van der Waals surface area contributed by atoms with Gasteiger partial charge in [-0.05, 0) is 40.2 Å². The number of rotatable bonds is 2. The molecule has 2 N–H and O–H groups in total. The average Bonchev–Trinajstić information content (AvgIpc) is 2.83. The summed E-state index contributed by atoms with van der Waals surface area (Å²) in [4.78, 5) is 0. The van der Waals surface area contributed by atoms with Crippen LogP contribution in [0, 0.1) is 5.82 Å². The van der Waals surface area contributed by atoms with E-state index in [1.165, 1.54) is 6.07 Å². The summed E-state index contributed by atoms with van der Waals surface area (Å²) >= 11 is 6.65. The lowest BCUT2D eigenvalue weighted by atomic mass is 10.0. The van der Waals surface area contributed by atoms with E-state index in [2.05, 4.69) is 31.9 Å². The van der Waals surface area contributed by atoms with E-state index < -0.39 is 6.04 Å². The zero-order chi connectivity index (χ0) is 14.3. The predicted molar refractivity (Wildman–Crippen MR) is 84.0 cm³/mol. The van der Waals surface area contributed by atoms with Crippen molar-refractivity contribution in [3.05, 3.63) is 68.6 Å². The van der Waals surface area contributed by atoms with Crippen LogP contribution in [-0.4, -0.2) is 0 Å². The fraction of sp³-hybridized carbons (Fsp3) is 0.0667. The van der Waals surface area contributed by atoms with Gasteiger partial charge < -0.3 is 10.2 Å². The molecular formula is C15H10Br2FNO. The summed E-state index contributed by atoms with van der Waals surface area (Å²) in [5.74, 6) is 0.180. The quantitative estimate of drug-likeness (QED) is 0.648. The Morgan fingerprint density at radius 1 is 1.10 bits per heavy atom. The van der Waals surface area contributed by atoms with Gasteiger partial charge >= 0.3 is 0 Å². The number of para-hydroxylation sites is 1. The molecule has 0 aliphatic carbocycles. The van der Waals surface area contributed by atoms with Crippen molar-refractivity contribution in [3.8, 4) is 0 Å². The largest absolute Gasteiger partial charge is 0.458 e. The average molecular weight is 399 g/mol. The minimum Gasteiger partial charge on any atom is -0.458 e. The Morgan fingerprint density at radius 3 is 2.60 bits per heavy atom. The van der Waals surface area contributed by atoms with Crippen molar-refractivity contribution in [2.45, 2.75) is 6.04 Å². The third kappa shape index (κ3) is 2.41. The van der Waals surface area contributed by atoms with Gasteiger partial charge in [0.05, 0.1) is 10.5 Å². The van der Waals surface area contributed by atoms with Gasteiger partial charge in [-0.3, -0.25) is 0 Å². The van der Waals surface area contributed by atoms with E-state index in [9.17, 15) is 4.39 Å². The number of hydrogen-bond acceptors (Lipinski definition) is 2. The van der Waals surface area contributed by atoms with E-state index in [-0.39, 0.29) is 5.82 Å². The number of benzene rings is 2. The van der Waals surface area contributed by atoms with Gasteiger partial charge in [-0.2, -0.15) is 0 Å². The summed E-state index contributed by atoms with van der Waals surface area (Å²) < 4.78 is 21.2. The maximum absolute atomic E-state index is 14.0. The van der Waals surface area contributed by atoms with Crippen molar-refractivity contribution in [1.82, 2.24) is 0 Å². The Balaban J connectivity index is 2.08. The molecule has 0 spiro atoms. The van der Waals surface area contributed by atoms with Crippen molar-refractivity contribution in [2.75, 3.05) is 0 Å². The van der Waals surface area contributed by atoms with E-state index in [4.69, 9.17) is 10.2 Å². The number of furan rings is 1. The van der Waals surface area contributed by atoms with Crippen LogP contribution < -0.4 is 5.73 Å². The van der Waals surface area contributed by atoms with Gasteiger partial charge in [0.25, 0.3) is 0 Å². The Hall–Kier alpha value is -1.17. The first-order valence-electron chi connectivity index (χ1n) is 5.95. The molecule has 1 unspecified atom stereocenters. The van der Waals surface area contributed by atoms with E-state index in [0.717, 1.165) is 15.4 Å². The van der Waals surface area contributed by atoms with Gasteiger partial charge in [0.1, 0.15) is 17.2 Å². The Labute approximate surface area is 132 Å². The lowest BCUT2D eigenvalue weighted by molar-refractivity contribution is 0.509. The molecule has 0 saturated heterocycles. The predicted octanol–water partition coefficient (Wildman–Crippen LogP) is 5.15. The molecule has 1 atom stereocenters. The first-order chi connectivity index (χ1) is 9.56. The summed E-state index contributed by atoms with van der Waals surface area (Å²) in [5.41, 5.74) is 7.24. The third-order valence-electron chi connectivity index (χ3n) is 3.12. The number of nitrogens with two attached hydrogens (primary N) is 1. The highest BCUT2D eigenvalue weighted by Gasteiger charge is 2.18. The Kier molecular flexibility index (Phi) is 3.67. The van der Waals surface area contributed by atoms with Crippen molar-refractivity contribution in [2.24, 2.45) is 5.73 Å². The van der Waals surface area contributed by atoms with Gasteiger partial charge in [-0.25, -0.2) is 4.39 Å². The topological polar surface area (TPSA) is 39.2 Å². The van der Waals surface area contributed by atoms with Gasteiger partial charge in [0.15, 0.2) is 0 Å². The fourth-order valence-electron chi connectivity index (χ4n) is 2.11. The second-order valence-corrected chi connectivity index (χ2v) is 6.22. The third-order valence-corrected chi connectivity index (χ3v) is 4.24. The first kappa shape index (κ1) is 13.8. The molecule has 0 radical (unpaired) electrons. The molecule has 0 aliphatic heterocycles. The molecule has 0 saturated carbocycles. The van der Waals surface area contributed by atoms with Gasteiger partial charge in [-0.1, -0.05) is 34.1 Å². The van der Waals surface area contributed by atoms with Crippen LogP contribution in [0.3, 0.4) is 0 Å². The lowest BCUT2D eigenvalue weighted by Gasteiger charge is -2.10. The molecular weight excluding hydrogens is 389 g/mol. The molecule has 20 heavy (non-hydrogen) atoms. The molecule has 0 bridgehead atoms. The minimum atomic E-state index is -0.637. The van der Waals surface area contributed by atoms with Crippen molar-refractivity contribution < 1.29 is 8.81 Å². The Bertz CT molecular complexity index is 785. The Morgan fingerprint density at radius 2 is 1.90 bits per heavy atom. The zero-order valence-electron chi connectivity index (χ0n) is 10.2. The van der Waals surface area contributed by atoms with Crippen LogP contribution in [-0.2, 0) is 0 Å². The second kappa shape index (κ2) is 5.31. The van der Waals surface area contributed by atoms with E-state index in [1.807, 2.05) is 24.3 Å². The minimum absolute atomic E-state index is 0.355. The lowest BCUT2D eigenvalue weighted by Crippen LogP contribution is -2.12. The first-order valence-corrected chi connectivity index (χ1v) is 7.53. The molecule has 1 aromatic heterocycles. The van der Waals surface area contributed by atoms with Gasteiger partial charge in [0.2, 0.25) is 0 Å². The highest BCUT2D eigenvalue weighted by molar-refractivity contribution is 9.11. The summed E-state index contributed by atoms with van der Waals surface area (Å²) in [7, 11) is 0. The molecule has 0 amide bonds. The highest BCUT2D eigenvalue weighted by atomic mass is 79.9. The molecule has 3 rings (SSSR count). The van der Waals surface area contributed by atoms with Gasteiger partial charge in [-0.15, -0.1) is 0 Å². The van der Waals surface area contributed by atoms with Gasteiger partial charge in [0, 0.05) is 15.4 Å². The SMILES string of the molecule is NC(c1cc2cccc(Br)c2o1)c1ccc(Br)cc1F. The molecule has 0 aliphatic rings. The van der Waals surface area contributed by atoms with E-state index >= 15 is 0 Å². The standard InChI is InChI=1S/C15H10Br2FNO/c16-9-4-5-10(12(18)7-9)14(19)13-6-8-2-1-3-11(17)15(8)20-13/h1-7,14H,19H2. The molecule has 2 nitrogen and oxygen atoms in total. The monoisotopic (exact) mass is 397 g/mol. The highest BCUT2D eigenvalue weighted by Crippen LogP contribution is 2.32. The maximum atomic E-state index is 14.0. The smallest absolute Gasteiger partial charge is 0.148 e. The molecule has 0 fully saturated rings. The van der Waals surface area contributed by atoms with Crippen LogP contribution in [0.25, 0.3) is 11.0 Å². The number of halogens is 3. The molecule has 5 heteroatoms. The number of fused-ring (bicyclic) bond motifs is 1. The second-order valence-electron chi connectivity index (χ2n) is 4.45. The summed E-state index contributed by atoms with van der Waals surface area (Å²) in [6, 6.07) is 11.8. The fourth-order valence-corrected chi connectivity index (χ4v) is 2.90. The van der Waals surface area contributed by atoms with Crippen LogP contribution >= 0.6 is 31.9 Å². The summed E-state index contributed by atoms with van der Waals surface area (Å²) in [6.07, 6.45) is 0. The van der Waals surface area contributed by atoms with Crippen LogP contribution in [0.5, 0.6) is 0 Å². The van der Waals surface area contributed by atoms with Crippen molar-refractivity contribution in [3.63, 3.8) is 0 Å². The van der Waals surface area contributed by atoms with Crippen LogP contribution in [0.15, 0.2) is 55.8 Å².